The smallest absolute Gasteiger partial charge is 0.325 e. The summed E-state index contributed by atoms with van der Waals surface area (Å²) in [6, 6.07) is 6.28. The highest BCUT2D eigenvalue weighted by atomic mass is 16.5. The van der Waals surface area contributed by atoms with E-state index in [9.17, 15) is 14.4 Å². The van der Waals surface area contributed by atoms with Crippen molar-refractivity contribution in [3.05, 3.63) is 24.3 Å². The van der Waals surface area contributed by atoms with Crippen molar-refractivity contribution in [2.45, 2.75) is 39.2 Å². The molecule has 0 unspecified atom stereocenters. The molecule has 1 heterocycles. The van der Waals surface area contributed by atoms with Gasteiger partial charge in [-0.1, -0.05) is 13.8 Å². The summed E-state index contributed by atoms with van der Waals surface area (Å²) < 4.78 is 5.05. The maximum Gasteiger partial charge on any atom is 0.325 e. The van der Waals surface area contributed by atoms with Gasteiger partial charge in [0.1, 0.15) is 17.8 Å². The molecule has 7 heteroatoms. The lowest BCUT2D eigenvalue weighted by molar-refractivity contribution is -0.133. The Bertz CT molecular complexity index is 657. The summed E-state index contributed by atoms with van der Waals surface area (Å²) in [4.78, 5) is 37.8. The minimum absolute atomic E-state index is 0.312. The van der Waals surface area contributed by atoms with Crippen molar-refractivity contribution in [2.24, 2.45) is 5.92 Å². The van der Waals surface area contributed by atoms with Crippen molar-refractivity contribution in [3.63, 3.8) is 0 Å². The molecule has 0 spiro atoms. The zero-order valence-corrected chi connectivity index (χ0v) is 15.1. The largest absolute Gasteiger partial charge is 0.497 e. The summed E-state index contributed by atoms with van der Waals surface area (Å²) in [6.45, 7) is 5.51. The number of methoxy groups -OCH3 is 1. The third kappa shape index (κ3) is 4.49. The Morgan fingerprint density at radius 3 is 2.48 bits per heavy atom. The molecule has 7 nitrogen and oxygen atoms in total. The van der Waals surface area contributed by atoms with Crippen LogP contribution in [-0.2, 0) is 9.59 Å². The summed E-state index contributed by atoms with van der Waals surface area (Å²) in [6.07, 6.45) is 1.36. The Morgan fingerprint density at radius 1 is 1.28 bits per heavy atom. The normalized spacial score (nSPS) is 20.0. The highest BCUT2D eigenvalue weighted by molar-refractivity contribution is 6.09. The average molecular weight is 347 g/mol. The number of hydrogen-bond acceptors (Lipinski definition) is 4. The molecule has 1 aliphatic rings. The van der Waals surface area contributed by atoms with Crippen molar-refractivity contribution < 1.29 is 19.1 Å². The second-order valence-corrected chi connectivity index (χ2v) is 6.86. The molecular formula is C18H25N3O4. The molecule has 2 N–H and O–H groups in total. The van der Waals surface area contributed by atoms with Crippen LogP contribution in [0.2, 0.25) is 0 Å². The monoisotopic (exact) mass is 347 g/mol. The fourth-order valence-electron chi connectivity index (χ4n) is 2.66. The number of carbonyl (C=O) groups is 3. The van der Waals surface area contributed by atoms with Gasteiger partial charge in [0.2, 0.25) is 5.91 Å². The number of hydrogen-bond donors (Lipinski definition) is 2. The van der Waals surface area contributed by atoms with E-state index in [4.69, 9.17) is 4.74 Å². The van der Waals surface area contributed by atoms with E-state index in [1.165, 1.54) is 0 Å². The zero-order valence-electron chi connectivity index (χ0n) is 15.1. The number of nitrogens with zero attached hydrogens (tertiary/aromatic N) is 1. The quantitative estimate of drug-likeness (QED) is 0.741. The molecular weight excluding hydrogens is 322 g/mol. The first-order chi connectivity index (χ1) is 11.7. The van der Waals surface area contributed by atoms with Crippen molar-refractivity contribution in [1.29, 1.82) is 0 Å². The number of amides is 4. The first-order valence-electron chi connectivity index (χ1n) is 8.33. The van der Waals surface area contributed by atoms with Gasteiger partial charge in [0, 0.05) is 5.69 Å². The maximum atomic E-state index is 12.6. The van der Waals surface area contributed by atoms with Crippen molar-refractivity contribution in [1.82, 2.24) is 10.2 Å². The van der Waals surface area contributed by atoms with Crippen LogP contribution in [0.1, 0.15) is 33.6 Å². The van der Waals surface area contributed by atoms with Crippen LogP contribution in [0, 0.1) is 5.92 Å². The number of anilines is 1. The molecule has 1 saturated heterocycles. The number of imide groups is 1. The molecule has 4 amide bonds. The van der Waals surface area contributed by atoms with Crippen molar-refractivity contribution in [2.75, 3.05) is 19.0 Å². The molecule has 1 aromatic carbocycles. The van der Waals surface area contributed by atoms with E-state index in [-0.39, 0.29) is 12.5 Å². The molecule has 2 rings (SSSR count). The van der Waals surface area contributed by atoms with E-state index in [0.717, 1.165) is 11.3 Å². The Labute approximate surface area is 147 Å². The van der Waals surface area contributed by atoms with E-state index >= 15 is 0 Å². The number of rotatable bonds is 7. The number of urea groups is 1. The van der Waals surface area contributed by atoms with Crippen LogP contribution in [-0.4, -0.2) is 41.9 Å². The van der Waals surface area contributed by atoms with E-state index in [1.807, 2.05) is 0 Å². The van der Waals surface area contributed by atoms with Crippen LogP contribution >= 0.6 is 0 Å². The van der Waals surface area contributed by atoms with E-state index in [2.05, 4.69) is 24.5 Å². The van der Waals surface area contributed by atoms with Gasteiger partial charge in [-0.15, -0.1) is 0 Å². The van der Waals surface area contributed by atoms with Gasteiger partial charge >= 0.3 is 6.03 Å². The van der Waals surface area contributed by atoms with Crippen LogP contribution in [0.25, 0.3) is 0 Å². The number of ether oxygens (including phenoxy) is 1. The van der Waals surface area contributed by atoms with Gasteiger partial charge in [0.05, 0.1) is 7.11 Å². The standard InChI is InChI=1S/C18H25N3O4/c1-12(2)9-10-18(3)16(23)21(17(24)20-18)11-15(22)19-13-5-7-14(25-4)8-6-13/h5-8,12H,9-11H2,1-4H3,(H,19,22)(H,20,24)/t18-/m1/s1. The average Bonchev–Trinajstić information content (AvgIpc) is 2.77. The Hall–Kier alpha value is -2.57. The molecule has 0 aliphatic carbocycles. The van der Waals surface area contributed by atoms with E-state index in [0.29, 0.717) is 23.8 Å². The SMILES string of the molecule is COc1ccc(NC(=O)CN2C(=O)N[C@](C)(CCC(C)C)C2=O)cc1. The van der Waals surface area contributed by atoms with Crippen molar-refractivity contribution in [3.8, 4) is 5.75 Å². The molecule has 1 fully saturated rings. The molecule has 136 valence electrons. The van der Waals surface area contributed by atoms with Crippen LogP contribution in [0.15, 0.2) is 24.3 Å². The number of benzene rings is 1. The number of carbonyl (C=O) groups excluding carboxylic acids is 3. The predicted molar refractivity (Wildman–Crippen MR) is 94.3 cm³/mol. The van der Waals surface area contributed by atoms with E-state index < -0.39 is 17.5 Å². The minimum atomic E-state index is -0.943. The fourth-order valence-corrected chi connectivity index (χ4v) is 2.66. The first kappa shape index (κ1) is 18.8. The highest BCUT2D eigenvalue weighted by Crippen LogP contribution is 2.24. The Kier molecular flexibility index (Phi) is 5.66. The molecule has 0 aromatic heterocycles. The van der Waals surface area contributed by atoms with Crippen molar-refractivity contribution >= 4 is 23.5 Å². The lowest BCUT2D eigenvalue weighted by Crippen LogP contribution is -2.44. The first-order valence-corrected chi connectivity index (χ1v) is 8.33. The molecule has 1 aromatic rings. The lowest BCUT2D eigenvalue weighted by atomic mass is 9.92. The topological polar surface area (TPSA) is 87.7 Å². The van der Waals surface area contributed by atoms with E-state index in [1.54, 1.807) is 38.3 Å². The maximum absolute atomic E-state index is 12.6. The lowest BCUT2D eigenvalue weighted by Gasteiger charge is -2.22. The predicted octanol–water partition coefficient (Wildman–Crippen LogP) is 2.38. The summed E-state index contributed by atoms with van der Waals surface area (Å²) in [7, 11) is 1.56. The summed E-state index contributed by atoms with van der Waals surface area (Å²) in [5.41, 5.74) is -0.373. The van der Waals surface area contributed by atoms with Gasteiger partial charge < -0.3 is 15.4 Å². The van der Waals surface area contributed by atoms with Crippen LogP contribution < -0.4 is 15.4 Å². The summed E-state index contributed by atoms with van der Waals surface area (Å²) in [5.74, 6) is 0.312. The third-order valence-corrected chi connectivity index (χ3v) is 4.24. The van der Waals surface area contributed by atoms with Gasteiger partial charge in [-0.3, -0.25) is 14.5 Å². The Morgan fingerprint density at radius 2 is 1.92 bits per heavy atom. The van der Waals surface area contributed by atoms with Gasteiger partial charge in [0.15, 0.2) is 0 Å². The second-order valence-electron chi connectivity index (χ2n) is 6.86. The Balaban J connectivity index is 1.97. The number of nitrogens with one attached hydrogen (secondary N) is 2. The van der Waals surface area contributed by atoms with Crippen LogP contribution in [0.5, 0.6) is 5.75 Å². The molecule has 0 radical (unpaired) electrons. The fraction of sp³-hybridized carbons (Fsp3) is 0.500. The highest BCUT2D eigenvalue weighted by Gasteiger charge is 2.47. The molecule has 25 heavy (non-hydrogen) atoms. The second kappa shape index (κ2) is 7.55. The zero-order chi connectivity index (χ0) is 18.6. The van der Waals surface area contributed by atoms with Gasteiger partial charge in [-0.25, -0.2) is 4.79 Å². The summed E-state index contributed by atoms with van der Waals surface area (Å²) >= 11 is 0. The molecule has 1 atom stereocenters. The molecule has 1 aliphatic heterocycles. The van der Waals surface area contributed by atoms with Crippen LogP contribution in [0.4, 0.5) is 10.5 Å². The van der Waals surface area contributed by atoms with Gasteiger partial charge in [0.25, 0.3) is 5.91 Å². The third-order valence-electron chi connectivity index (χ3n) is 4.24. The summed E-state index contributed by atoms with van der Waals surface area (Å²) in [5, 5.41) is 5.38. The minimum Gasteiger partial charge on any atom is -0.497 e. The van der Waals surface area contributed by atoms with Gasteiger partial charge in [-0.2, -0.15) is 0 Å². The molecule has 0 saturated carbocycles. The van der Waals surface area contributed by atoms with Gasteiger partial charge in [-0.05, 0) is 49.9 Å². The molecule has 0 bridgehead atoms. The van der Waals surface area contributed by atoms with Crippen LogP contribution in [0.3, 0.4) is 0 Å².